The summed E-state index contributed by atoms with van der Waals surface area (Å²) in [4.78, 5) is 0. The summed E-state index contributed by atoms with van der Waals surface area (Å²) in [5.74, 6) is 0.998. The van der Waals surface area contributed by atoms with Gasteiger partial charge in [-0.2, -0.15) is 5.26 Å². The number of allylic oxidation sites excluding steroid dienone is 1. The maximum Gasteiger partial charge on any atom is 0.133 e. The molecule has 0 aliphatic carbocycles. The Bertz CT molecular complexity index is 137. The van der Waals surface area contributed by atoms with Crippen molar-refractivity contribution < 1.29 is 0 Å². The highest BCUT2D eigenvalue weighted by molar-refractivity contribution is 8.03. The Morgan fingerprint density at radius 3 is 2.50 bits per heavy atom. The maximum atomic E-state index is 8.24. The van der Waals surface area contributed by atoms with Crippen LogP contribution in [0.4, 0.5) is 0 Å². The minimum atomic E-state index is 0.998. The Morgan fingerprint density at radius 1 is 1.17 bits per heavy atom. The van der Waals surface area contributed by atoms with Crippen LogP contribution in [-0.2, 0) is 0 Å². The number of thioether (sulfide) groups is 1. The zero-order valence-corrected chi connectivity index (χ0v) is 8.41. The smallest absolute Gasteiger partial charge is 0.133 e. The SMILES string of the molecule is C=CCCCCCCCSC#N. The van der Waals surface area contributed by atoms with Gasteiger partial charge in [-0.25, -0.2) is 0 Å². The molecule has 0 radical (unpaired) electrons. The summed E-state index contributed by atoms with van der Waals surface area (Å²) in [7, 11) is 0. The Hall–Kier alpha value is -0.420. The van der Waals surface area contributed by atoms with Gasteiger partial charge in [-0.1, -0.05) is 25.3 Å². The van der Waals surface area contributed by atoms with Crippen molar-refractivity contribution in [2.75, 3.05) is 5.75 Å². The van der Waals surface area contributed by atoms with E-state index in [0.717, 1.165) is 12.2 Å². The van der Waals surface area contributed by atoms with Gasteiger partial charge in [0, 0.05) is 5.75 Å². The number of thiocyanates is 1. The number of nitrogens with zero attached hydrogens (tertiary/aromatic N) is 1. The predicted octanol–water partition coefficient (Wildman–Crippen LogP) is 3.73. The van der Waals surface area contributed by atoms with Gasteiger partial charge < -0.3 is 0 Å². The molecule has 0 N–H and O–H groups in total. The molecule has 0 heterocycles. The van der Waals surface area contributed by atoms with E-state index in [1.54, 1.807) is 0 Å². The molecule has 2 heteroatoms. The van der Waals surface area contributed by atoms with E-state index in [0.29, 0.717) is 0 Å². The molecule has 12 heavy (non-hydrogen) atoms. The van der Waals surface area contributed by atoms with E-state index >= 15 is 0 Å². The monoisotopic (exact) mass is 183 g/mol. The summed E-state index contributed by atoms with van der Waals surface area (Å²) in [6.45, 7) is 3.68. The molecule has 0 amide bonds. The molecule has 0 aliphatic rings. The number of nitriles is 1. The molecule has 0 rings (SSSR count). The van der Waals surface area contributed by atoms with Crippen molar-refractivity contribution in [1.29, 1.82) is 5.26 Å². The van der Waals surface area contributed by atoms with Crippen molar-refractivity contribution in [3.8, 4) is 5.40 Å². The molecule has 0 unspecified atom stereocenters. The van der Waals surface area contributed by atoms with Crippen molar-refractivity contribution in [3.63, 3.8) is 0 Å². The van der Waals surface area contributed by atoms with Crippen molar-refractivity contribution in [2.45, 2.75) is 38.5 Å². The van der Waals surface area contributed by atoms with Gasteiger partial charge in [0.2, 0.25) is 0 Å². The molecule has 0 bridgehead atoms. The first-order valence-electron chi connectivity index (χ1n) is 4.53. The van der Waals surface area contributed by atoms with Gasteiger partial charge in [0.05, 0.1) is 0 Å². The molecule has 0 saturated carbocycles. The topological polar surface area (TPSA) is 23.8 Å². The normalized spacial score (nSPS) is 9.25. The van der Waals surface area contributed by atoms with Crippen molar-refractivity contribution >= 4 is 11.8 Å². The standard InChI is InChI=1S/C10H17NS/c1-2-3-4-5-6-7-8-9-12-10-11/h2H,1,3-9H2. The number of hydrogen-bond donors (Lipinski definition) is 0. The second-order valence-electron chi connectivity index (χ2n) is 2.78. The van der Waals surface area contributed by atoms with Gasteiger partial charge in [-0.15, -0.1) is 6.58 Å². The molecule has 0 spiro atoms. The zero-order valence-electron chi connectivity index (χ0n) is 7.59. The van der Waals surface area contributed by atoms with Crippen LogP contribution in [0.1, 0.15) is 38.5 Å². The minimum absolute atomic E-state index is 0.998. The third-order valence-corrected chi connectivity index (χ3v) is 2.34. The van der Waals surface area contributed by atoms with Gasteiger partial charge in [0.25, 0.3) is 0 Å². The first-order chi connectivity index (χ1) is 5.91. The van der Waals surface area contributed by atoms with Crippen LogP contribution in [0.15, 0.2) is 12.7 Å². The molecular formula is C10H17NS. The van der Waals surface area contributed by atoms with E-state index in [1.807, 2.05) is 6.08 Å². The van der Waals surface area contributed by atoms with Gasteiger partial charge in [-0.3, -0.25) is 0 Å². The van der Waals surface area contributed by atoms with E-state index in [1.165, 1.54) is 43.9 Å². The first kappa shape index (κ1) is 11.6. The van der Waals surface area contributed by atoms with Crippen LogP contribution in [0.3, 0.4) is 0 Å². The summed E-state index contributed by atoms with van der Waals surface area (Å²) < 4.78 is 0. The Balaban J connectivity index is 2.82. The van der Waals surface area contributed by atoms with Crippen molar-refractivity contribution in [3.05, 3.63) is 12.7 Å². The quantitative estimate of drug-likeness (QED) is 0.325. The number of hydrogen-bond acceptors (Lipinski definition) is 2. The van der Waals surface area contributed by atoms with E-state index < -0.39 is 0 Å². The largest absolute Gasteiger partial charge is 0.185 e. The van der Waals surface area contributed by atoms with Crippen LogP contribution in [0.2, 0.25) is 0 Å². The summed E-state index contributed by atoms with van der Waals surface area (Å²) in [5.41, 5.74) is 0. The van der Waals surface area contributed by atoms with Gasteiger partial charge >= 0.3 is 0 Å². The van der Waals surface area contributed by atoms with Crippen molar-refractivity contribution in [2.24, 2.45) is 0 Å². The highest BCUT2D eigenvalue weighted by Gasteiger charge is 1.89. The van der Waals surface area contributed by atoms with Crippen LogP contribution in [0, 0.1) is 10.7 Å². The second-order valence-corrected chi connectivity index (χ2v) is 3.66. The molecule has 1 nitrogen and oxygen atoms in total. The molecule has 68 valence electrons. The van der Waals surface area contributed by atoms with Gasteiger partial charge in [-0.05, 0) is 31.0 Å². The van der Waals surface area contributed by atoms with Crippen LogP contribution < -0.4 is 0 Å². The average Bonchev–Trinajstić information content (AvgIpc) is 2.10. The molecule has 0 saturated heterocycles. The van der Waals surface area contributed by atoms with E-state index in [-0.39, 0.29) is 0 Å². The van der Waals surface area contributed by atoms with Crippen LogP contribution in [-0.4, -0.2) is 5.75 Å². The van der Waals surface area contributed by atoms with Crippen LogP contribution >= 0.6 is 11.8 Å². The third-order valence-electron chi connectivity index (χ3n) is 1.72. The summed E-state index contributed by atoms with van der Waals surface area (Å²) >= 11 is 1.37. The van der Waals surface area contributed by atoms with E-state index in [9.17, 15) is 0 Å². The lowest BCUT2D eigenvalue weighted by molar-refractivity contribution is 0.640. The fourth-order valence-corrected chi connectivity index (χ4v) is 1.48. The Labute approximate surface area is 79.8 Å². The summed E-state index contributed by atoms with van der Waals surface area (Å²) in [6, 6.07) is 0. The zero-order chi connectivity index (χ0) is 9.07. The molecule has 0 aromatic heterocycles. The molecule has 0 aromatic rings. The third kappa shape index (κ3) is 9.58. The summed E-state index contributed by atoms with van der Waals surface area (Å²) in [5, 5.41) is 10.3. The van der Waals surface area contributed by atoms with Crippen LogP contribution in [0.5, 0.6) is 0 Å². The number of unbranched alkanes of at least 4 members (excludes halogenated alkanes) is 5. The fourth-order valence-electron chi connectivity index (χ4n) is 1.04. The summed E-state index contributed by atoms with van der Waals surface area (Å²) in [6.07, 6.45) is 9.47. The Kier molecular flexibility index (Phi) is 10.2. The predicted molar refractivity (Wildman–Crippen MR) is 56.0 cm³/mol. The fraction of sp³-hybridized carbons (Fsp3) is 0.700. The molecule has 0 fully saturated rings. The second kappa shape index (κ2) is 10.6. The average molecular weight is 183 g/mol. The molecular weight excluding hydrogens is 166 g/mol. The van der Waals surface area contributed by atoms with Crippen LogP contribution in [0.25, 0.3) is 0 Å². The minimum Gasteiger partial charge on any atom is -0.185 e. The molecule has 0 aliphatic heterocycles. The first-order valence-corrected chi connectivity index (χ1v) is 5.52. The highest BCUT2D eigenvalue weighted by atomic mass is 32.2. The molecule has 0 atom stereocenters. The number of rotatable bonds is 8. The lowest BCUT2D eigenvalue weighted by Crippen LogP contribution is -1.80. The lowest BCUT2D eigenvalue weighted by Gasteiger charge is -1.97. The van der Waals surface area contributed by atoms with E-state index in [4.69, 9.17) is 5.26 Å². The Morgan fingerprint density at radius 2 is 1.83 bits per heavy atom. The maximum absolute atomic E-state index is 8.24. The van der Waals surface area contributed by atoms with Crippen molar-refractivity contribution in [1.82, 2.24) is 0 Å². The van der Waals surface area contributed by atoms with Gasteiger partial charge in [0.15, 0.2) is 0 Å². The lowest BCUT2D eigenvalue weighted by atomic mass is 10.1. The van der Waals surface area contributed by atoms with Gasteiger partial charge in [0.1, 0.15) is 5.40 Å². The molecule has 0 aromatic carbocycles. The highest BCUT2D eigenvalue weighted by Crippen LogP contribution is 2.08. The van der Waals surface area contributed by atoms with E-state index in [2.05, 4.69) is 12.0 Å².